The van der Waals surface area contributed by atoms with E-state index in [0.29, 0.717) is 13.2 Å². The smallest absolute Gasteiger partial charge is 0.191 e. The van der Waals surface area contributed by atoms with Crippen LogP contribution in [0, 0.1) is 13.8 Å². The molecule has 0 aliphatic rings. The highest BCUT2D eigenvalue weighted by Gasteiger charge is 2.13. The lowest BCUT2D eigenvalue weighted by Crippen LogP contribution is -2.07. The molecule has 3 aromatic rings. The van der Waals surface area contributed by atoms with Gasteiger partial charge in [0.05, 0.1) is 0 Å². The zero-order chi connectivity index (χ0) is 19.2. The summed E-state index contributed by atoms with van der Waals surface area (Å²) in [5.74, 6) is 2.47. The number of allylic oxidation sites excluding steroid dienone is 1. The lowest BCUT2D eigenvalue weighted by Gasteiger charge is -2.10. The van der Waals surface area contributed by atoms with Crippen molar-refractivity contribution in [3.8, 4) is 5.75 Å². The molecule has 0 aliphatic heterocycles. The van der Waals surface area contributed by atoms with Crippen molar-refractivity contribution in [2.24, 2.45) is 0 Å². The maximum Gasteiger partial charge on any atom is 0.191 e. The first-order chi connectivity index (χ1) is 13.0. The molecule has 0 spiro atoms. The van der Waals surface area contributed by atoms with Crippen molar-refractivity contribution in [3.63, 3.8) is 0 Å². The largest absolute Gasteiger partial charge is 0.486 e. The zero-order valence-electron chi connectivity index (χ0n) is 15.5. The minimum atomic E-state index is 0.376. The van der Waals surface area contributed by atoms with Gasteiger partial charge in [-0.15, -0.1) is 16.8 Å². The van der Waals surface area contributed by atoms with E-state index in [2.05, 4.69) is 69.3 Å². The van der Waals surface area contributed by atoms with E-state index >= 15 is 0 Å². The fraction of sp³-hybridized carbons (Fsp3) is 0.238. The van der Waals surface area contributed by atoms with Gasteiger partial charge in [-0.05, 0) is 54.8 Å². The van der Waals surface area contributed by atoms with Crippen molar-refractivity contribution in [2.45, 2.75) is 37.9 Å². The van der Waals surface area contributed by atoms with Gasteiger partial charge in [-0.2, -0.15) is 0 Å². The van der Waals surface area contributed by atoms with Crippen molar-refractivity contribution in [1.82, 2.24) is 14.8 Å². The van der Waals surface area contributed by atoms with Crippen molar-refractivity contribution in [3.05, 3.63) is 82.1 Å². The second-order valence-electron chi connectivity index (χ2n) is 6.33. The third kappa shape index (κ3) is 5.47. The van der Waals surface area contributed by atoms with Gasteiger partial charge >= 0.3 is 0 Å². The van der Waals surface area contributed by atoms with Crippen molar-refractivity contribution < 1.29 is 4.74 Å². The molecule has 3 rings (SSSR count). The van der Waals surface area contributed by atoms with Crippen molar-refractivity contribution in [1.29, 1.82) is 0 Å². The van der Waals surface area contributed by atoms with E-state index < -0.39 is 0 Å². The highest BCUT2D eigenvalue weighted by molar-refractivity contribution is 9.10. The number of ether oxygens (including phenoxy) is 1. The van der Waals surface area contributed by atoms with Crippen LogP contribution in [0.25, 0.3) is 0 Å². The van der Waals surface area contributed by atoms with Gasteiger partial charge < -0.3 is 4.74 Å². The molecule has 0 radical (unpaired) electrons. The van der Waals surface area contributed by atoms with E-state index in [-0.39, 0.29) is 0 Å². The van der Waals surface area contributed by atoms with Gasteiger partial charge in [-0.3, -0.25) is 4.57 Å². The number of thioether (sulfide) groups is 1. The molecule has 1 aromatic heterocycles. The molecule has 0 fully saturated rings. The van der Waals surface area contributed by atoms with E-state index in [1.807, 2.05) is 30.3 Å². The normalized spacial score (nSPS) is 10.8. The predicted octanol–water partition coefficient (Wildman–Crippen LogP) is 5.71. The minimum Gasteiger partial charge on any atom is -0.486 e. The minimum absolute atomic E-state index is 0.376. The van der Waals surface area contributed by atoms with Crippen LogP contribution in [0.5, 0.6) is 5.75 Å². The number of aromatic nitrogens is 3. The van der Waals surface area contributed by atoms with Crippen LogP contribution in [-0.4, -0.2) is 14.8 Å². The number of hydrogen-bond acceptors (Lipinski definition) is 4. The van der Waals surface area contributed by atoms with E-state index in [0.717, 1.165) is 27.0 Å². The lowest BCUT2D eigenvalue weighted by molar-refractivity contribution is 0.289. The molecule has 0 bridgehead atoms. The van der Waals surface area contributed by atoms with E-state index in [1.165, 1.54) is 16.7 Å². The quantitative estimate of drug-likeness (QED) is 0.329. The first kappa shape index (κ1) is 19.7. The first-order valence-electron chi connectivity index (χ1n) is 8.66. The highest BCUT2D eigenvalue weighted by atomic mass is 79.9. The molecule has 1 heterocycles. The zero-order valence-corrected chi connectivity index (χ0v) is 17.9. The molecule has 4 nitrogen and oxygen atoms in total. The Bertz CT molecular complexity index is 919. The van der Waals surface area contributed by atoms with Gasteiger partial charge in [0, 0.05) is 16.8 Å². The summed E-state index contributed by atoms with van der Waals surface area (Å²) < 4.78 is 9.09. The first-order valence-corrected chi connectivity index (χ1v) is 10.4. The Hall–Kier alpha value is -2.05. The number of rotatable bonds is 8. The van der Waals surface area contributed by atoms with Crippen LogP contribution in [0.2, 0.25) is 0 Å². The molecule has 0 saturated carbocycles. The second kappa shape index (κ2) is 9.24. The summed E-state index contributed by atoms with van der Waals surface area (Å²) in [6, 6.07) is 14.5. The maximum atomic E-state index is 5.96. The average Bonchev–Trinajstić information content (AvgIpc) is 3.00. The Morgan fingerprint density at radius 1 is 1.15 bits per heavy atom. The summed E-state index contributed by atoms with van der Waals surface area (Å²) in [6.07, 6.45) is 1.85. The summed E-state index contributed by atoms with van der Waals surface area (Å²) in [5, 5.41) is 9.56. The van der Waals surface area contributed by atoms with Crippen molar-refractivity contribution in [2.75, 3.05) is 0 Å². The van der Waals surface area contributed by atoms with Crippen LogP contribution < -0.4 is 4.74 Å². The van der Waals surface area contributed by atoms with Gasteiger partial charge in [0.15, 0.2) is 11.0 Å². The number of aryl methyl sites for hydroxylation is 2. The van der Waals surface area contributed by atoms with E-state index in [1.54, 1.807) is 11.8 Å². The Morgan fingerprint density at radius 3 is 2.63 bits per heavy atom. The third-order valence-corrected chi connectivity index (χ3v) is 5.46. The van der Waals surface area contributed by atoms with Gasteiger partial charge in [-0.1, -0.05) is 52.0 Å². The number of benzene rings is 2. The molecule has 6 heteroatoms. The van der Waals surface area contributed by atoms with Gasteiger partial charge in [-0.25, -0.2) is 0 Å². The van der Waals surface area contributed by atoms with Crippen LogP contribution in [0.3, 0.4) is 0 Å². The summed E-state index contributed by atoms with van der Waals surface area (Å²) in [5.41, 5.74) is 3.60. The van der Waals surface area contributed by atoms with Crippen LogP contribution in [-0.2, 0) is 18.9 Å². The lowest BCUT2D eigenvalue weighted by atomic mass is 10.1. The second-order valence-corrected chi connectivity index (χ2v) is 8.19. The summed E-state index contributed by atoms with van der Waals surface area (Å²) in [7, 11) is 0. The van der Waals surface area contributed by atoms with Crippen LogP contribution in [0.1, 0.15) is 22.5 Å². The molecule has 27 heavy (non-hydrogen) atoms. The Kier molecular flexibility index (Phi) is 6.74. The summed E-state index contributed by atoms with van der Waals surface area (Å²) >= 11 is 5.17. The molecule has 140 valence electrons. The molecule has 0 unspecified atom stereocenters. The maximum absolute atomic E-state index is 5.96. The molecular weight excluding hydrogens is 422 g/mol. The van der Waals surface area contributed by atoms with Crippen LogP contribution in [0.4, 0.5) is 0 Å². The third-order valence-electron chi connectivity index (χ3n) is 3.93. The molecule has 0 N–H and O–H groups in total. The Labute approximate surface area is 172 Å². The van der Waals surface area contributed by atoms with Crippen LogP contribution >= 0.6 is 27.7 Å². The molecule has 0 atom stereocenters. The molecule has 0 saturated heterocycles. The van der Waals surface area contributed by atoms with Gasteiger partial charge in [0.1, 0.15) is 12.4 Å². The summed E-state index contributed by atoms with van der Waals surface area (Å²) in [6.45, 7) is 9.02. The SMILES string of the molecule is C=CCn1c(COc2cc(C)cc(C)c2)nnc1SCc1cccc(Br)c1. The highest BCUT2D eigenvalue weighted by Crippen LogP contribution is 2.24. The standard InChI is InChI=1S/C21H22BrN3OS/c1-4-8-25-20(13-26-19-10-15(2)9-16(3)11-19)23-24-21(25)27-14-17-6-5-7-18(22)12-17/h4-7,9-12H,1,8,13-14H2,2-3H3. The number of hydrogen-bond donors (Lipinski definition) is 0. The Balaban J connectivity index is 1.71. The van der Waals surface area contributed by atoms with Gasteiger partial charge in [0.25, 0.3) is 0 Å². The molecular formula is C21H22BrN3OS. The molecule has 0 aliphatic carbocycles. The van der Waals surface area contributed by atoms with E-state index in [9.17, 15) is 0 Å². The fourth-order valence-electron chi connectivity index (χ4n) is 2.78. The van der Waals surface area contributed by atoms with Crippen LogP contribution in [0.15, 0.2) is 64.7 Å². The molecule has 0 amide bonds. The molecule has 2 aromatic carbocycles. The average molecular weight is 444 g/mol. The monoisotopic (exact) mass is 443 g/mol. The fourth-order valence-corrected chi connectivity index (χ4v) is 4.14. The van der Waals surface area contributed by atoms with Crippen molar-refractivity contribution >= 4 is 27.7 Å². The van der Waals surface area contributed by atoms with Gasteiger partial charge in [0.2, 0.25) is 0 Å². The predicted molar refractivity (Wildman–Crippen MR) is 114 cm³/mol. The van der Waals surface area contributed by atoms with E-state index in [4.69, 9.17) is 4.74 Å². The number of nitrogens with zero attached hydrogens (tertiary/aromatic N) is 3. The Morgan fingerprint density at radius 2 is 1.93 bits per heavy atom. The topological polar surface area (TPSA) is 39.9 Å². The number of halogens is 1. The summed E-state index contributed by atoms with van der Waals surface area (Å²) in [4.78, 5) is 0.